The zero-order chi connectivity index (χ0) is 11.1. The largest absolute Gasteiger partial charge is 0.459 e. The van der Waals surface area contributed by atoms with Gasteiger partial charge in [-0.15, -0.1) is 0 Å². The number of hydrogen-bond acceptors (Lipinski definition) is 2. The number of hydrogen-bond donors (Lipinski definition) is 0. The van der Waals surface area contributed by atoms with E-state index in [2.05, 4.69) is 15.9 Å². The molecule has 0 spiro atoms. The molecule has 2 fully saturated rings. The van der Waals surface area contributed by atoms with E-state index < -0.39 is 0 Å². The number of nitrogens with zero attached hydrogens (tertiary/aromatic N) is 1. The number of alkyl halides is 1. The Morgan fingerprint density at radius 1 is 1.38 bits per heavy atom. The number of rotatable bonds is 1. The first kappa shape index (κ1) is 10.4. The molecule has 2 aliphatic rings. The number of fused-ring (bicyclic) bond motifs is 2. The van der Waals surface area contributed by atoms with E-state index in [9.17, 15) is 4.79 Å². The SMILES string of the molecule is O=C(c1ccco1)N1C2CCC1CC(Br)C2. The molecule has 2 saturated heterocycles. The van der Waals surface area contributed by atoms with Crippen LogP contribution in [0, 0.1) is 0 Å². The average Bonchev–Trinajstić information content (AvgIpc) is 2.85. The van der Waals surface area contributed by atoms with Crippen LogP contribution in [-0.2, 0) is 0 Å². The molecule has 1 amide bonds. The summed E-state index contributed by atoms with van der Waals surface area (Å²) in [5.74, 6) is 0.543. The average molecular weight is 284 g/mol. The van der Waals surface area contributed by atoms with Gasteiger partial charge in [0.2, 0.25) is 0 Å². The summed E-state index contributed by atoms with van der Waals surface area (Å²) in [6.07, 6.45) is 5.98. The predicted molar refractivity (Wildman–Crippen MR) is 63.6 cm³/mol. The highest BCUT2D eigenvalue weighted by Gasteiger charge is 2.43. The van der Waals surface area contributed by atoms with Crippen LogP contribution in [0.1, 0.15) is 36.2 Å². The van der Waals surface area contributed by atoms with Gasteiger partial charge < -0.3 is 9.32 Å². The van der Waals surface area contributed by atoms with Gasteiger partial charge in [0.15, 0.2) is 5.76 Å². The normalized spacial score (nSPS) is 33.1. The third-order valence-electron chi connectivity index (χ3n) is 3.64. The van der Waals surface area contributed by atoms with Gasteiger partial charge in [0.1, 0.15) is 0 Å². The highest BCUT2D eigenvalue weighted by Crippen LogP contribution is 2.39. The molecule has 2 atom stereocenters. The molecule has 4 heteroatoms. The molecular formula is C12H14BrNO2. The lowest BCUT2D eigenvalue weighted by atomic mass is 10.0. The van der Waals surface area contributed by atoms with Crippen LogP contribution in [0.15, 0.2) is 22.8 Å². The minimum absolute atomic E-state index is 0.0666. The first-order valence-electron chi connectivity index (χ1n) is 5.76. The number of halogens is 1. The third kappa shape index (κ3) is 1.59. The van der Waals surface area contributed by atoms with Crippen molar-refractivity contribution in [2.24, 2.45) is 0 Å². The van der Waals surface area contributed by atoms with E-state index in [0.717, 1.165) is 25.7 Å². The van der Waals surface area contributed by atoms with Gasteiger partial charge >= 0.3 is 0 Å². The molecule has 3 nitrogen and oxygen atoms in total. The van der Waals surface area contributed by atoms with E-state index in [1.807, 2.05) is 4.90 Å². The zero-order valence-electron chi connectivity index (χ0n) is 8.93. The van der Waals surface area contributed by atoms with Crippen LogP contribution in [0.2, 0.25) is 0 Å². The van der Waals surface area contributed by atoms with Gasteiger partial charge in [0.05, 0.1) is 6.26 Å². The van der Waals surface area contributed by atoms with Crippen LogP contribution in [0.25, 0.3) is 0 Å². The molecule has 0 saturated carbocycles. The van der Waals surface area contributed by atoms with Crippen molar-refractivity contribution in [2.75, 3.05) is 0 Å². The zero-order valence-corrected chi connectivity index (χ0v) is 10.5. The van der Waals surface area contributed by atoms with Crippen molar-refractivity contribution in [3.05, 3.63) is 24.2 Å². The van der Waals surface area contributed by atoms with E-state index in [1.165, 1.54) is 0 Å². The molecular weight excluding hydrogens is 270 g/mol. The molecule has 0 N–H and O–H groups in total. The molecule has 86 valence electrons. The van der Waals surface area contributed by atoms with Crippen LogP contribution in [0.3, 0.4) is 0 Å². The number of amides is 1. The van der Waals surface area contributed by atoms with Gasteiger partial charge in [-0.25, -0.2) is 0 Å². The van der Waals surface area contributed by atoms with Gasteiger partial charge in [0.25, 0.3) is 5.91 Å². The molecule has 3 rings (SSSR count). The van der Waals surface area contributed by atoms with Crippen molar-refractivity contribution >= 4 is 21.8 Å². The van der Waals surface area contributed by atoms with Gasteiger partial charge in [-0.2, -0.15) is 0 Å². The molecule has 1 aromatic heterocycles. The van der Waals surface area contributed by atoms with Crippen molar-refractivity contribution in [1.29, 1.82) is 0 Å². The summed E-state index contributed by atoms with van der Waals surface area (Å²) >= 11 is 3.67. The molecule has 16 heavy (non-hydrogen) atoms. The quantitative estimate of drug-likeness (QED) is 0.743. The van der Waals surface area contributed by atoms with Gasteiger partial charge in [-0.05, 0) is 37.8 Å². The van der Waals surface area contributed by atoms with E-state index >= 15 is 0 Å². The summed E-state index contributed by atoms with van der Waals surface area (Å²) < 4.78 is 5.20. The highest BCUT2D eigenvalue weighted by atomic mass is 79.9. The van der Waals surface area contributed by atoms with Crippen molar-refractivity contribution in [3.8, 4) is 0 Å². The Balaban J connectivity index is 1.84. The number of carbonyl (C=O) groups is 1. The summed E-state index contributed by atoms with van der Waals surface area (Å²) in [7, 11) is 0. The topological polar surface area (TPSA) is 33.5 Å². The number of carbonyl (C=O) groups excluding carboxylic acids is 1. The van der Waals surface area contributed by atoms with E-state index in [1.54, 1.807) is 18.4 Å². The Labute approximate surface area is 103 Å². The summed E-state index contributed by atoms with van der Waals surface area (Å²) in [5.41, 5.74) is 0. The minimum Gasteiger partial charge on any atom is -0.459 e. The fraction of sp³-hybridized carbons (Fsp3) is 0.583. The maximum atomic E-state index is 12.2. The van der Waals surface area contributed by atoms with Gasteiger partial charge in [-0.1, -0.05) is 15.9 Å². The van der Waals surface area contributed by atoms with Crippen molar-refractivity contribution in [2.45, 2.75) is 42.6 Å². The third-order valence-corrected chi connectivity index (χ3v) is 4.39. The predicted octanol–water partition coefficient (Wildman–Crippen LogP) is 2.81. The fourth-order valence-corrected chi connectivity index (χ4v) is 3.83. The second-order valence-corrected chi connectivity index (χ2v) is 5.94. The second kappa shape index (κ2) is 3.91. The fourth-order valence-electron chi connectivity index (χ4n) is 2.97. The summed E-state index contributed by atoms with van der Waals surface area (Å²) in [4.78, 5) is 14.9. The maximum Gasteiger partial charge on any atom is 0.290 e. The smallest absolute Gasteiger partial charge is 0.290 e. The molecule has 0 aliphatic carbocycles. The second-order valence-electron chi connectivity index (χ2n) is 4.64. The number of piperidine rings is 1. The van der Waals surface area contributed by atoms with Crippen molar-refractivity contribution < 1.29 is 9.21 Å². The summed E-state index contributed by atoms with van der Waals surface area (Å²) in [6, 6.07) is 4.33. The summed E-state index contributed by atoms with van der Waals surface area (Å²) in [6.45, 7) is 0. The van der Waals surface area contributed by atoms with Gasteiger partial charge in [0, 0.05) is 16.9 Å². The number of furan rings is 1. The van der Waals surface area contributed by atoms with Crippen LogP contribution < -0.4 is 0 Å². The van der Waals surface area contributed by atoms with E-state index in [-0.39, 0.29) is 5.91 Å². The Kier molecular flexibility index (Phi) is 2.54. The lowest BCUT2D eigenvalue weighted by molar-refractivity contribution is 0.0571. The Hall–Kier alpha value is -0.770. The molecule has 2 aliphatic heterocycles. The first-order chi connectivity index (χ1) is 7.75. The first-order valence-corrected chi connectivity index (χ1v) is 6.67. The van der Waals surface area contributed by atoms with Crippen molar-refractivity contribution in [3.63, 3.8) is 0 Å². The van der Waals surface area contributed by atoms with Gasteiger partial charge in [-0.3, -0.25) is 4.79 Å². The molecule has 2 unspecified atom stereocenters. The molecule has 3 heterocycles. The molecule has 0 radical (unpaired) electrons. The lowest BCUT2D eigenvalue weighted by Gasteiger charge is -2.36. The molecule has 1 aromatic rings. The van der Waals surface area contributed by atoms with Crippen LogP contribution >= 0.6 is 15.9 Å². The lowest BCUT2D eigenvalue weighted by Crippen LogP contribution is -2.46. The standard InChI is InChI=1S/C12H14BrNO2/c13-8-6-9-3-4-10(7-8)14(9)12(15)11-2-1-5-16-11/h1-2,5,8-10H,3-4,6-7H2. The highest BCUT2D eigenvalue weighted by molar-refractivity contribution is 9.09. The molecule has 0 aromatic carbocycles. The van der Waals surface area contributed by atoms with Crippen molar-refractivity contribution in [1.82, 2.24) is 4.90 Å². The monoisotopic (exact) mass is 283 g/mol. The van der Waals surface area contributed by atoms with Crippen LogP contribution in [0.5, 0.6) is 0 Å². The minimum atomic E-state index is 0.0666. The maximum absolute atomic E-state index is 12.2. The van der Waals surface area contributed by atoms with E-state index in [0.29, 0.717) is 22.7 Å². The summed E-state index contributed by atoms with van der Waals surface area (Å²) in [5, 5.41) is 0. The Morgan fingerprint density at radius 2 is 2.06 bits per heavy atom. The van der Waals surface area contributed by atoms with Crippen LogP contribution in [-0.4, -0.2) is 27.7 Å². The Bertz CT molecular complexity index is 376. The van der Waals surface area contributed by atoms with Crippen LogP contribution in [0.4, 0.5) is 0 Å². The van der Waals surface area contributed by atoms with E-state index in [4.69, 9.17) is 4.42 Å². The Morgan fingerprint density at radius 3 is 2.62 bits per heavy atom. The molecule has 2 bridgehead atoms.